The summed E-state index contributed by atoms with van der Waals surface area (Å²) in [5.41, 5.74) is 4.09. The fraction of sp³-hybridized carbons (Fsp3) is 0.667. The predicted octanol–water partition coefficient (Wildman–Crippen LogP) is 4.42. The molecule has 1 nitrogen and oxygen atoms in total. The highest BCUT2D eigenvalue weighted by Gasteiger charge is 2.37. The highest BCUT2D eigenvalue weighted by molar-refractivity contribution is 6.92. The van der Waals surface area contributed by atoms with E-state index in [0.717, 1.165) is 6.04 Å². The lowest BCUT2D eigenvalue weighted by atomic mass is 10.9. The molecule has 0 fully saturated rings. The van der Waals surface area contributed by atoms with Gasteiger partial charge in [0.25, 0.3) is 0 Å². The van der Waals surface area contributed by atoms with Crippen molar-refractivity contribution in [3.63, 3.8) is 0 Å². The van der Waals surface area contributed by atoms with E-state index in [2.05, 4.69) is 40.9 Å². The molecular formula is C12H26OSi2. The van der Waals surface area contributed by atoms with E-state index in [1.165, 1.54) is 18.1 Å². The molecule has 0 rings (SSSR count). The second-order valence-corrected chi connectivity index (χ2v) is 12.8. The highest BCUT2D eigenvalue weighted by atomic mass is 28.4. The van der Waals surface area contributed by atoms with E-state index >= 15 is 0 Å². The zero-order valence-electron chi connectivity index (χ0n) is 10.8. The van der Waals surface area contributed by atoms with Gasteiger partial charge in [-0.3, -0.25) is 0 Å². The van der Waals surface area contributed by atoms with Gasteiger partial charge in [0.1, 0.15) is 0 Å². The summed E-state index contributed by atoms with van der Waals surface area (Å²) in [7, 11) is -3.32. The van der Waals surface area contributed by atoms with Crippen molar-refractivity contribution in [1.29, 1.82) is 0 Å². The molecule has 0 aromatic heterocycles. The Morgan fingerprint density at radius 2 is 1.27 bits per heavy atom. The van der Waals surface area contributed by atoms with Crippen LogP contribution in [0.4, 0.5) is 0 Å². The van der Waals surface area contributed by atoms with Crippen LogP contribution in [0.1, 0.15) is 27.7 Å². The van der Waals surface area contributed by atoms with Gasteiger partial charge in [-0.1, -0.05) is 39.1 Å². The van der Waals surface area contributed by atoms with Crippen molar-refractivity contribution in [3.05, 3.63) is 24.6 Å². The molecule has 0 spiro atoms. The Labute approximate surface area is 97.5 Å². The average molecular weight is 243 g/mol. The van der Waals surface area contributed by atoms with Crippen LogP contribution in [-0.2, 0) is 4.12 Å². The van der Waals surface area contributed by atoms with Crippen LogP contribution in [0.15, 0.2) is 24.6 Å². The molecule has 0 unspecified atom stereocenters. The van der Waals surface area contributed by atoms with Crippen molar-refractivity contribution < 1.29 is 4.12 Å². The molecular weight excluding hydrogens is 216 g/mol. The minimum absolute atomic E-state index is 1.06. The first kappa shape index (κ1) is 14.9. The van der Waals surface area contributed by atoms with Crippen molar-refractivity contribution in [2.45, 2.75) is 51.9 Å². The van der Waals surface area contributed by atoms with Crippen LogP contribution in [0.25, 0.3) is 0 Å². The molecule has 0 atom stereocenters. The molecule has 88 valence electrons. The normalized spacial score (nSPS) is 12.5. The highest BCUT2D eigenvalue weighted by Crippen LogP contribution is 2.28. The van der Waals surface area contributed by atoms with Crippen molar-refractivity contribution >= 4 is 16.6 Å². The third kappa shape index (κ3) is 3.43. The van der Waals surface area contributed by atoms with Crippen LogP contribution in [0.3, 0.4) is 0 Å². The van der Waals surface area contributed by atoms with E-state index in [0.29, 0.717) is 0 Å². The largest absolute Gasteiger partial charge is 0.449 e. The number of hydrogen-bond donors (Lipinski definition) is 0. The number of hydrogen-bond acceptors (Lipinski definition) is 1. The summed E-state index contributed by atoms with van der Waals surface area (Å²) < 4.78 is 6.56. The summed E-state index contributed by atoms with van der Waals surface area (Å²) in [5, 5.41) is 0. The van der Waals surface area contributed by atoms with Gasteiger partial charge in [0.2, 0.25) is 8.32 Å². The molecule has 0 aliphatic rings. The van der Waals surface area contributed by atoms with Crippen LogP contribution in [0.2, 0.25) is 24.2 Å². The summed E-state index contributed by atoms with van der Waals surface area (Å²) in [6.45, 7) is 16.9. The van der Waals surface area contributed by atoms with Gasteiger partial charge < -0.3 is 4.12 Å². The van der Waals surface area contributed by atoms with E-state index in [1.807, 2.05) is 11.4 Å². The van der Waals surface area contributed by atoms with Gasteiger partial charge in [-0.2, -0.15) is 0 Å². The van der Waals surface area contributed by atoms with Crippen molar-refractivity contribution in [3.8, 4) is 0 Å². The molecule has 3 heteroatoms. The Morgan fingerprint density at radius 3 is 1.47 bits per heavy atom. The maximum atomic E-state index is 6.56. The first-order chi connectivity index (χ1) is 7.07. The lowest BCUT2D eigenvalue weighted by molar-refractivity contribution is 0.536. The minimum atomic E-state index is -1.83. The van der Waals surface area contributed by atoms with Gasteiger partial charge in [-0.05, 0) is 24.2 Å². The average Bonchev–Trinajstić information content (AvgIpc) is 2.33. The molecule has 0 aliphatic heterocycles. The molecule has 15 heavy (non-hydrogen) atoms. The molecule has 0 bridgehead atoms. The summed E-state index contributed by atoms with van der Waals surface area (Å²) in [4.78, 5) is 0. The van der Waals surface area contributed by atoms with Crippen LogP contribution in [0, 0.1) is 0 Å². The summed E-state index contributed by atoms with van der Waals surface area (Å²) in [6.07, 6.45) is 0. The van der Waals surface area contributed by atoms with E-state index in [-0.39, 0.29) is 0 Å². The monoisotopic (exact) mass is 242 g/mol. The third-order valence-electron chi connectivity index (χ3n) is 3.58. The SMILES string of the molecule is C=C[Si](C=C)(CC)O[Si](CC)(CC)CC. The van der Waals surface area contributed by atoms with E-state index < -0.39 is 16.6 Å². The Hall–Kier alpha value is -0.126. The molecule has 0 saturated heterocycles. The van der Waals surface area contributed by atoms with Gasteiger partial charge >= 0.3 is 0 Å². The van der Waals surface area contributed by atoms with E-state index in [1.54, 1.807) is 0 Å². The fourth-order valence-corrected chi connectivity index (χ4v) is 10.3. The molecule has 0 aromatic rings. The Balaban J connectivity index is 4.90. The summed E-state index contributed by atoms with van der Waals surface area (Å²) >= 11 is 0. The smallest absolute Gasteiger partial charge is 0.228 e. The second-order valence-electron chi connectivity index (χ2n) is 4.06. The molecule has 0 radical (unpaired) electrons. The topological polar surface area (TPSA) is 9.23 Å². The van der Waals surface area contributed by atoms with Gasteiger partial charge in [0.15, 0.2) is 8.32 Å². The van der Waals surface area contributed by atoms with Crippen molar-refractivity contribution in [2.24, 2.45) is 0 Å². The van der Waals surface area contributed by atoms with Crippen LogP contribution < -0.4 is 0 Å². The maximum absolute atomic E-state index is 6.56. The fourth-order valence-electron chi connectivity index (χ4n) is 1.90. The lowest BCUT2D eigenvalue weighted by Crippen LogP contribution is -2.48. The van der Waals surface area contributed by atoms with Crippen LogP contribution >= 0.6 is 0 Å². The van der Waals surface area contributed by atoms with Gasteiger partial charge in [0, 0.05) is 0 Å². The predicted molar refractivity (Wildman–Crippen MR) is 74.9 cm³/mol. The molecule has 0 aliphatic carbocycles. The number of rotatable bonds is 8. The Bertz CT molecular complexity index is 193. The summed E-state index contributed by atoms with van der Waals surface area (Å²) in [6, 6.07) is 4.68. The van der Waals surface area contributed by atoms with Crippen molar-refractivity contribution in [1.82, 2.24) is 0 Å². The summed E-state index contributed by atoms with van der Waals surface area (Å²) in [5.74, 6) is 0. The standard InChI is InChI=1S/C12H26OSi2/c1-7-14(8-2,9-3)13-15(10-4,11-5)12-6/h7-8H,1-2,9-12H2,3-6H3. The first-order valence-corrected chi connectivity index (χ1v) is 10.8. The molecule has 0 saturated carbocycles. The molecule has 0 N–H and O–H groups in total. The van der Waals surface area contributed by atoms with Crippen LogP contribution in [0.5, 0.6) is 0 Å². The minimum Gasteiger partial charge on any atom is -0.449 e. The Kier molecular flexibility index (Phi) is 6.40. The Morgan fingerprint density at radius 1 is 0.867 bits per heavy atom. The van der Waals surface area contributed by atoms with Crippen LogP contribution in [-0.4, -0.2) is 16.6 Å². The third-order valence-corrected chi connectivity index (χ3v) is 13.2. The van der Waals surface area contributed by atoms with Gasteiger partial charge in [-0.15, -0.1) is 13.2 Å². The van der Waals surface area contributed by atoms with E-state index in [4.69, 9.17) is 4.12 Å². The zero-order chi connectivity index (χ0) is 11.9. The maximum Gasteiger partial charge on any atom is 0.228 e. The molecule has 0 heterocycles. The lowest BCUT2D eigenvalue weighted by Gasteiger charge is -2.37. The first-order valence-electron chi connectivity index (χ1n) is 6.04. The quantitative estimate of drug-likeness (QED) is 0.572. The zero-order valence-corrected chi connectivity index (χ0v) is 12.8. The molecule has 0 aromatic carbocycles. The van der Waals surface area contributed by atoms with Gasteiger partial charge in [0.05, 0.1) is 0 Å². The van der Waals surface area contributed by atoms with E-state index in [9.17, 15) is 0 Å². The molecule has 0 amide bonds. The second kappa shape index (κ2) is 6.45. The van der Waals surface area contributed by atoms with Crippen molar-refractivity contribution in [2.75, 3.05) is 0 Å². The van der Waals surface area contributed by atoms with Gasteiger partial charge in [-0.25, -0.2) is 0 Å².